The van der Waals surface area contributed by atoms with Crippen LogP contribution in [0.1, 0.15) is 25.2 Å². The Balaban J connectivity index is 1.54. The third-order valence-corrected chi connectivity index (χ3v) is 4.70. The van der Waals surface area contributed by atoms with Gasteiger partial charge in [-0.05, 0) is 49.8 Å². The fourth-order valence-corrected chi connectivity index (χ4v) is 3.17. The van der Waals surface area contributed by atoms with Crippen molar-refractivity contribution < 1.29 is 14.3 Å². The lowest BCUT2D eigenvalue weighted by molar-refractivity contribution is -0.128. The largest absolute Gasteiger partial charge is 0.454 e. The zero-order valence-electron chi connectivity index (χ0n) is 16.2. The second-order valence-corrected chi connectivity index (χ2v) is 7.04. The van der Waals surface area contributed by atoms with E-state index in [2.05, 4.69) is 9.97 Å². The zero-order chi connectivity index (χ0) is 20.4. The Bertz CT molecular complexity index is 1150. The van der Waals surface area contributed by atoms with Crippen LogP contribution in [0.5, 0.6) is 11.5 Å². The summed E-state index contributed by atoms with van der Waals surface area (Å²) in [6, 6.07) is 12.6. The number of ether oxygens (including phenoxy) is 2. The second-order valence-electron chi connectivity index (χ2n) is 7.04. The van der Waals surface area contributed by atoms with Gasteiger partial charge in [-0.2, -0.15) is 0 Å². The molecule has 0 atom stereocenters. The van der Waals surface area contributed by atoms with E-state index >= 15 is 0 Å². The summed E-state index contributed by atoms with van der Waals surface area (Å²) in [4.78, 5) is 34.0. The molecule has 0 radical (unpaired) electrons. The number of hydrogen-bond acceptors (Lipinski definition) is 5. The van der Waals surface area contributed by atoms with Crippen LogP contribution < -0.4 is 15.0 Å². The number of nitrogens with one attached hydrogen (secondary N) is 1. The number of aromatic amines is 1. The molecule has 148 valence electrons. The minimum Gasteiger partial charge on any atom is -0.454 e. The highest BCUT2D eigenvalue weighted by Gasteiger charge is 2.17. The Kier molecular flexibility index (Phi) is 5.03. The van der Waals surface area contributed by atoms with Gasteiger partial charge in [-0.3, -0.25) is 9.59 Å². The van der Waals surface area contributed by atoms with Crippen LogP contribution in [0.2, 0.25) is 0 Å². The average Bonchev–Trinajstić information content (AvgIpc) is 3.18. The van der Waals surface area contributed by atoms with Gasteiger partial charge in [-0.1, -0.05) is 18.2 Å². The van der Waals surface area contributed by atoms with E-state index in [0.717, 1.165) is 5.56 Å². The summed E-state index contributed by atoms with van der Waals surface area (Å²) < 4.78 is 10.7. The smallest absolute Gasteiger partial charge is 0.258 e. The van der Waals surface area contributed by atoms with E-state index in [1.807, 2.05) is 38.1 Å². The Hall–Kier alpha value is -3.61. The average molecular weight is 391 g/mol. The Labute approximate surface area is 167 Å². The molecule has 2 heterocycles. The molecule has 0 fully saturated rings. The van der Waals surface area contributed by atoms with E-state index in [1.54, 1.807) is 29.2 Å². The van der Waals surface area contributed by atoms with Crippen molar-refractivity contribution in [3.8, 4) is 11.5 Å². The van der Waals surface area contributed by atoms with E-state index in [9.17, 15) is 9.59 Å². The van der Waals surface area contributed by atoms with Crippen molar-refractivity contribution in [1.82, 2.24) is 14.9 Å². The quantitative estimate of drug-likeness (QED) is 0.676. The molecule has 7 nitrogen and oxygen atoms in total. The summed E-state index contributed by atoms with van der Waals surface area (Å²) in [7, 11) is 0. The van der Waals surface area contributed by atoms with Gasteiger partial charge in [0.2, 0.25) is 12.7 Å². The summed E-state index contributed by atoms with van der Waals surface area (Å²) in [5.74, 6) is 1.64. The van der Waals surface area contributed by atoms with Gasteiger partial charge in [-0.25, -0.2) is 4.98 Å². The number of carbonyl (C=O) groups excluding carboxylic acids is 1. The number of aromatic nitrogens is 2. The van der Waals surface area contributed by atoms with Crippen LogP contribution in [0.15, 0.2) is 53.3 Å². The first kappa shape index (κ1) is 18.7. The Morgan fingerprint density at radius 1 is 1.21 bits per heavy atom. The molecular formula is C22H21N3O4. The Morgan fingerprint density at radius 2 is 2.00 bits per heavy atom. The molecule has 0 spiro atoms. The number of carbonyl (C=O) groups is 1. The first-order chi connectivity index (χ1) is 14.0. The zero-order valence-corrected chi connectivity index (χ0v) is 16.2. The molecular weight excluding hydrogens is 370 g/mol. The van der Waals surface area contributed by atoms with Crippen molar-refractivity contribution in [3.05, 3.63) is 70.3 Å². The van der Waals surface area contributed by atoms with Gasteiger partial charge in [-0.15, -0.1) is 0 Å². The number of nitrogens with zero attached hydrogens (tertiary/aromatic N) is 2. The molecule has 29 heavy (non-hydrogen) atoms. The van der Waals surface area contributed by atoms with Crippen LogP contribution in [0.3, 0.4) is 0 Å². The predicted molar refractivity (Wildman–Crippen MR) is 110 cm³/mol. The fourth-order valence-electron chi connectivity index (χ4n) is 3.17. The van der Waals surface area contributed by atoms with E-state index in [0.29, 0.717) is 28.2 Å². The maximum atomic E-state index is 12.8. The maximum absolute atomic E-state index is 12.8. The number of fused-ring (bicyclic) bond motifs is 2. The van der Waals surface area contributed by atoms with Crippen molar-refractivity contribution >= 4 is 22.9 Å². The molecule has 1 aromatic heterocycles. The normalized spacial score (nSPS) is 12.8. The molecule has 3 aromatic rings. The number of benzene rings is 2. The van der Waals surface area contributed by atoms with Crippen molar-refractivity contribution in [2.24, 2.45) is 0 Å². The number of para-hydroxylation sites is 1. The molecule has 1 amide bonds. The molecule has 0 saturated carbocycles. The monoisotopic (exact) mass is 391 g/mol. The molecule has 4 rings (SSSR count). The summed E-state index contributed by atoms with van der Waals surface area (Å²) in [5, 5.41) is 0.529. The summed E-state index contributed by atoms with van der Waals surface area (Å²) in [6.07, 6.45) is 3.24. The molecule has 1 N–H and O–H groups in total. The lowest BCUT2D eigenvalue weighted by Gasteiger charge is -2.25. The molecule has 7 heteroatoms. The van der Waals surface area contributed by atoms with Crippen LogP contribution in [0.25, 0.3) is 17.0 Å². The van der Waals surface area contributed by atoms with Gasteiger partial charge in [0.1, 0.15) is 5.82 Å². The van der Waals surface area contributed by atoms with Gasteiger partial charge >= 0.3 is 0 Å². The highest BCUT2D eigenvalue weighted by molar-refractivity contribution is 5.92. The van der Waals surface area contributed by atoms with Crippen LogP contribution in [-0.2, 0) is 11.3 Å². The first-order valence-electron chi connectivity index (χ1n) is 9.37. The summed E-state index contributed by atoms with van der Waals surface area (Å²) in [5.41, 5.74) is 1.24. The van der Waals surface area contributed by atoms with E-state index in [4.69, 9.17) is 9.47 Å². The van der Waals surface area contributed by atoms with Gasteiger partial charge < -0.3 is 19.4 Å². The highest BCUT2D eigenvalue weighted by Crippen LogP contribution is 2.32. The van der Waals surface area contributed by atoms with Gasteiger partial charge in [0, 0.05) is 12.1 Å². The lowest BCUT2D eigenvalue weighted by atomic mass is 10.2. The van der Waals surface area contributed by atoms with Crippen LogP contribution in [0, 0.1) is 0 Å². The van der Waals surface area contributed by atoms with Crippen molar-refractivity contribution in [2.75, 3.05) is 6.79 Å². The molecule has 0 unspecified atom stereocenters. The minimum atomic E-state index is -0.211. The van der Waals surface area contributed by atoms with Gasteiger partial charge in [0.05, 0.1) is 17.4 Å². The predicted octanol–water partition coefficient (Wildman–Crippen LogP) is 3.10. The summed E-state index contributed by atoms with van der Waals surface area (Å²) in [6.45, 7) is 4.26. The molecule has 1 aliphatic rings. The van der Waals surface area contributed by atoms with Crippen LogP contribution >= 0.6 is 0 Å². The number of amides is 1. The number of rotatable bonds is 5. The Morgan fingerprint density at radius 3 is 2.83 bits per heavy atom. The number of H-pyrrole nitrogens is 1. The molecule has 1 aliphatic heterocycles. The second kappa shape index (κ2) is 7.79. The van der Waals surface area contributed by atoms with Gasteiger partial charge in [0.15, 0.2) is 11.5 Å². The number of hydrogen-bond donors (Lipinski definition) is 1. The van der Waals surface area contributed by atoms with Crippen molar-refractivity contribution in [3.63, 3.8) is 0 Å². The highest BCUT2D eigenvalue weighted by atomic mass is 16.7. The van der Waals surface area contributed by atoms with Crippen molar-refractivity contribution in [1.29, 1.82) is 0 Å². The standard InChI is InChI=1S/C22H21N3O4/c1-14(2)25(12-20-23-17-6-4-3-5-16(17)22(27)24-20)21(26)10-8-15-7-9-18-19(11-15)29-13-28-18/h3-11,14H,12-13H2,1-2H3,(H,23,24,27)/b10-8+. The molecule has 0 bridgehead atoms. The van der Waals surface area contributed by atoms with E-state index in [1.165, 1.54) is 6.08 Å². The first-order valence-corrected chi connectivity index (χ1v) is 9.37. The van der Waals surface area contributed by atoms with Gasteiger partial charge in [0.25, 0.3) is 5.56 Å². The van der Waals surface area contributed by atoms with Crippen LogP contribution in [-0.4, -0.2) is 33.6 Å². The van der Waals surface area contributed by atoms with E-state index < -0.39 is 0 Å². The lowest BCUT2D eigenvalue weighted by Crippen LogP contribution is -2.36. The molecule has 0 aliphatic carbocycles. The topological polar surface area (TPSA) is 84.5 Å². The van der Waals surface area contributed by atoms with Crippen LogP contribution in [0.4, 0.5) is 0 Å². The maximum Gasteiger partial charge on any atom is 0.258 e. The molecule has 2 aromatic carbocycles. The van der Waals surface area contributed by atoms with Crippen molar-refractivity contribution in [2.45, 2.75) is 26.4 Å². The molecule has 0 saturated heterocycles. The third kappa shape index (κ3) is 3.99. The van der Waals surface area contributed by atoms with E-state index in [-0.39, 0.29) is 30.8 Å². The minimum absolute atomic E-state index is 0.0688. The SMILES string of the molecule is CC(C)N(Cc1nc2ccccc2c(=O)[nH]1)C(=O)/C=C/c1ccc2c(c1)OCO2. The summed E-state index contributed by atoms with van der Waals surface area (Å²) >= 11 is 0. The fraction of sp³-hybridized carbons (Fsp3) is 0.227. The third-order valence-electron chi connectivity index (χ3n) is 4.70.